The maximum Gasteiger partial charge on any atom is 0.299 e. The zero-order valence-electron chi connectivity index (χ0n) is 15.4. The highest BCUT2D eigenvalue weighted by molar-refractivity contribution is 7.90. The van der Waals surface area contributed by atoms with Crippen molar-refractivity contribution in [1.29, 1.82) is 0 Å². The lowest BCUT2D eigenvalue weighted by atomic mass is 9.61. The summed E-state index contributed by atoms with van der Waals surface area (Å²) in [5, 5.41) is 3.19. The molecule has 1 amide bonds. The monoisotopic (exact) mass is 436 g/mol. The quantitative estimate of drug-likeness (QED) is 0.661. The normalized spacial score (nSPS) is 18.6. The molecule has 1 spiro atoms. The molecule has 4 heterocycles. The molecular weight excluding hydrogens is 420 g/mol. The SMILES string of the molecule is CS(=O)(=O)c1ccc(C(=O)NC2CC3(C2)CN(c2nc4cc(Cl)cnc4o2)C3)o1. The van der Waals surface area contributed by atoms with Crippen LogP contribution in [0.3, 0.4) is 0 Å². The Labute approximate surface area is 171 Å². The van der Waals surface area contributed by atoms with Crippen LogP contribution in [0.1, 0.15) is 23.4 Å². The van der Waals surface area contributed by atoms with Crippen molar-refractivity contribution in [2.75, 3.05) is 24.2 Å². The summed E-state index contributed by atoms with van der Waals surface area (Å²) in [5.41, 5.74) is 1.21. The lowest BCUT2D eigenvalue weighted by Crippen LogP contribution is -2.66. The van der Waals surface area contributed by atoms with Crippen molar-refractivity contribution in [3.63, 3.8) is 0 Å². The van der Waals surface area contributed by atoms with Gasteiger partial charge in [0.25, 0.3) is 11.9 Å². The van der Waals surface area contributed by atoms with Gasteiger partial charge in [-0.05, 0) is 31.0 Å². The van der Waals surface area contributed by atoms with E-state index in [9.17, 15) is 13.2 Å². The predicted molar refractivity (Wildman–Crippen MR) is 104 cm³/mol. The summed E-state index contributed by atoms with van der Waals surface area (Å²) in [6, 6.07) is 4.93. The number of amides is 1. The van der Waals surface area contributed by atoms with Crippen LogP contribution in [0.5, 0.6) is 0 Å². The third kappa shape index (κ3) is 3.25. The predicted octanol–water partition coefficient (Wildman–Crippen LogP) is 2.27. The van der Waals surface area contributed by atoms with Crippen LogP contribution in [0, 0.1) is 5.41 Å². The average molecular weight is 437 g/mol. The number of hydrogen-bond donors (Lipinski definition) is 1. The van der Waals surface area contributed by atoms with Crippen molar-refractivity contribution in [3.8, 4) is 0 Å². The summed E-state index contributed by atoms with van der Waals surface area (Å²) in [5.74, 6) is -0.405. The zero-order chi connectivity index (χ0) is 20.4. The molecule has 152 valence electrons. The number of pyridine rings is 1. The number of fused-ring (bicyclic) bond motifs is 1. The Morgan fingerprint density at radius 3 is 2.76 bits per heavy atom. The van der Waals surface area contributed by atoms with Crippen LogP contribution in [0.4, 0.5) is 6.01 Å². The van der Waals surface area contributed by atoms with E-state index in [4.69, 9.17) is 20.4 Å². The van der Waals surface area contributed by atoms with Gasteiger partial charge in [-0.3, -0.25) is 4.79 Å². The Balaban J connectivity index is 1.16. The largest absolute Gasteiger partial charge is 0.440 e. The lowest BCUT2D eigenvalue weighted by molar-refractivity contribution is 0.0403. The minimum absolute atomic E-state index is 0.000697. The molecule has 1 saturated carbocycles. The molecule has 2 fully saturated rings. The summed E-state index contributed by atoms with van der Waals surface area (Å²) in [4.78, 5) is 22.9. The Morgan fingerprint density at radius 1 is 1.31 bits per heavy atom. The molecule has 3 aromatic rings. The van der Waals surface area contributed by atoms with Crippen LogP contribution >= 0.6 is 11.6 Å². The number of carbonyl (C=O) groups excluding carboxylic acids is 1. The first-order valence-electron chi connectivity index (χ1n) is 8.99. The number of furan rings is 1. The minimum atomic E-state index is -3.47. The van der Waals surface area contributed by atoms with Crippen molar-refractivity contribution >= 4 is 44.6 Å². The molecule has 0 unspecified atom stereocenters. The first kappa shape index (κ1) is 18.4. The number of sulfone groups is 1. The summed E-state index contributed by atoms with van der Waals surface area (Å²) in [7, 11) is -3.47. The Morgan fingerprint density at radius 2 is 2.07 bits per heavy atom. The number of nitrogens with zero attached hydrogens (tertiary/aromatic N) is 3. The van der Waals surface area contributed by atoms with Crippen molar-refractivity contribution in [3.05, 3.63) is 35.2 Å². The van der Waals surface area contributed by atoms with Crippen molar-refractivity contribution < 1.29 is 22.0 Å². The van der Waals surface area contributed by atoms with E-state index in [-0.39, 0.29) is 22.3 Å². The molecule has 3 aromatic heterocycles. The molecule has 0 atom stereocenters. The van der Waals surface area contributed by atoms with Gasteiger partial charge in [0, 0.05) is 37.0 Å². The molecular formula is C18H17ClN4O5S. The highest BCUT2D eigenvalue weighted by atomic mass is 35.5. The van der Waals surface area contributed by atoms with Crippen molar-refractivity contribution in [1.82, 2.24) is 15.3 Å². The van der Waals surface area contributed by atoms with E-state index in [2.05, 4.69) is 15.3 Å². The van der Waals surface area contributed by atoms with Crippen LogP contribution in [0.25, 0.3) is 11.2 Å². The van der Waals surface area contributed by atoms with Crippen molar-refractivity contribution in [2.45, 2.75) is 24.0 Å². The molecule has 1 aliphatic carbocycles. The second-order valence-corrected chi connectivity index (χ2v) is 10.2. The van der Waals surface area contributed by atoms with E-state index in [1.54, 1.807) is 6.07 Å². The van der Waals surface area contributed by atoms with Gasteiger partial charge < -0.3 is 19.1 Å². The zero-order valence-corrected chi connectivity index (χ0v) is 17.0. The smallest absolute Gasteiger partial charge is 0.299 e. The maximum absolute atomic E-state index is 12.3. The van der Waals surface area contributed by atoms with Gasteiger partial charge in [0.1, 0.15) is 5.52 Å². The molecule has 0 bridgehead atoms. The van der Waals surface area contributed by atoms with E-state index in [1.807, 2.05) is 4.90 Å². The van der Waals surface area contributed by atoms with Crippen LogP contribution in [0.2, 0.25) is 5.02 Å². The second-order valence-electron chi connectivity index (χ2n) is 7.80. The fourth-order valence-electron chi connectivity index (χ4n) is 4.06. The van der Waals surface area contributed by atoms with Gasteiger partial charge in [-0.1, -0.05) is 11.6 Å². The molecule has 2 aliphatic rings. The fraction of sp³-hybridized carbons (Fsp3) is 0.389. The number of halogens is 1. The fourth-order valence-corrected chi connectivity index (χ4v) is 4.77. The van der Waals surface area contributed by atoms with Gasteiger partial charge in [0.05, 0.1) is 5.02 Å². The van der Waals surface area contributed by atoms with Crippen LogP contribution in [-0.4, -0.2) is 49.7 Å². The Hall–Kier alpha value is -2.59. The van der Waals surface area contributed by atoms with Gasteiger partial charge >= 0.3 is 0 Å². The number of hydrogen-bond acceptors (Lipinski definition) is 8. The highest BCUT2D eigenvalue weighted by Crippen LogP contribution is 2.49. The molecule has 1 aliphatic heterocycles. The second kappa shape index (κ2) is 6.20. The van der Waals surface area contributed by atoms with Crippen LogP contribution < -0.4 is 10.2 Å². The molecule has 5 rings (SSSR count). The van der Waals surface area contributed by atoms with E-state index < -0.39 is 15.7 Å². The topological polar surface area (TPSA) is 119 Å². The number of oxazole rings is 1. The number of aromatic nitrogens is 2. The molecule has 0 aromatic carbocycles. The standard InChI is InChI=1S/C18H17ClN4O5S/c1-29(25,26)14-3-2-13(27-14)15(24)21-11-5-18(6-11)8-23(9-18)17-22-12-4-10(19)7-20-16(12)28-17/h2-4,7,11H,5-6,8-9H2,1H3,(H,21,24). The van der Waals surface area contributed by atoms with Gasteiger partial charge in [0.15, 0.2) is 5.76 Å². The molecule has 29 heavy (non-hydrogen) atoms. The molecule has 11 heteroatoms. The first-order valence-corrected chi connectivity index (χ1v) is 11.3. The summed E-state index contributed by atoms with van der Waals surface area (Å²) < 4.78 is 33.7. The number of rotatable bonds is 4. The molecule has 1 N–H and O–H groups in total. The number of anilines is 1. The first-order chi connectivity index (χ1) is 13.7. The number of nitrogens with one attached hydrogen (secondary N) is 1. The van der Waals surface area contributed by atoms with Crippen molar-refractivity contribution in [2.24, 2.45) is 5.41 Å². The molecule has 9 nitrogen and oxygen atoms in total. The average Bonchev–Trinajstić information content (AvgIpc) is 3.21. The Bertz CT molecular complexity index is 1220. The lowest BCUT2D eigenvalue weighted by Gasteiger charge is -2.58. The summed E-state index contributed by atoms with van der Waals surface area (Å²) in [6.45, 7) is 1.58. The highest BCUT2D eigenvalue weighted by Gasteiger charge is 2.54. The third-order valence-corrected chi connectivity index (χ3v) is 6.55. The minimum Gasteiger partial charge on any atom is -0.440 e. The van der Waals surface area contributed by atoms with E-state index >= 15 is 0 Å². The molecule has 1 saturated heterocycles. The third-order valence-electron chi connectivity index (χ3n) is 5.39. The van der Waals surface area contributed by atoms with Crippen LogP contribution in [0.15, 0.2) is 38.3 Å². The number of carbonyl (C=O) groups is 1. The summed E-state index contributed by atoms with van der Waals surface area (Å²) in [6.07, 6.45) is 4.22. The van der Waals surface area contributed by atoms with Gasteiger partial charge in [0.2, 0.25) is 20.6 Å². The Kier molecular flexibility index (Phi) is 3.94. The van der Waals surface area contributed by atoms with Crippen LogP contribution in [-0.2, 0) is 9.84 Å². The van der Waals surface area contributed by atoms with E-state index in [0.29, 0.717) is 22.3 Å². The maximum atomic E-state index is 12.3. The molecule has 0 radical (unpaired) electrons. The van der Waals surface area contributed by atoms with Gasteiger partial charge in [-0.15, -0.1) is 0 Å². The van der Waals surface area contributed by atoms with E-state index in [0.717, 1.165) is 32.2 Å². The van der Waals surface area contributed by atoms with E-state index in [1.165, 1.54) is 18.3 Å². The summed E-state index contributed by atoms with van der Waals surface area (Å²) >= 11 is 5.93. The van der Waals surface area contributed by atoms with Gasteiger partial charge in [-0.2, -0.15) is 4.98 Å². The van der Waals surface area contributed by atoms with Gasteiger partial charge in [-0.25, -0.2) is 13.4 Å².